The van der Waals surface area contributed by atoms with E-state index in [1.807, 2.05) is 0 Å². The Balaban J connectivity index is 0.000000845. The lowest BCUT2D eigenvalue weighted by atomic mass is 9.40. The van der Waals surface area contributed by atoms with E-state index in [-0.39, 0.29) is 17.8 Å². The zero-order valence-electron chi connectivity index (χ0n) is 7.38. The van der Waals surface area contributed by atoms with Crippen molar-refractivity contribution in [3.8, 4) is 0 Å². The normalized spacial score (nSPS) is 42.1. The average Bonchev–Trinajstić information content (AvgIpc) is 1.94. The van der Waals surface area contributed by atoms with Crippen molar-refractivity contribution in [2.45, 2.75) is 31.0 Å². The lowest BCUT2D eigenvalue weighted by molar-refractivity contribution is -0.227. The minimum absolute atomic E-state index is 0. The summed E-state index contributed by atoms with van der Waals surface area (Å²) in [5, 5.41) is 0. The van der Waals surface area contributed by atoms with E-state index in [4.69, 9.17) is 5.73 Å². The highest BCUT2D eigenvalue weighted by Crippen LogP contribution is 2.70. The van der Waals surface area contributed by atoms with Crippen LogP contribution in [0, 0.1) is 5.41 Å². The van der Waals surface area contributed by atoms with E-state index in [9.17, 15) is 9.18 Å². The Kier molecular flexibility index (Phi) is 2.33. The molecule has 0 unspecified atom stereocenters. The molecule has 0 saturated heterocycles. The Bertz CT molecular complexity index is 227. The van der Waals surface area contributed by atoms with Crippen LogP contribution in [0.5, 0.6) is 0 Å². The molecule has 0 spiro atoms. The molecule has 1 atom stereocenters. The second-order valence-electron chi connectivity index (χ2n) is 4.04. The highest BCUT2D eigenvalue weighted by atomic mass is 35.5. The summed E-state index contributed by atoms with van der Waals surface area (Å²) in [5.41, 5.74) is 4.37. The Morgan fingerprint density at radius 3 is 2.31 bits per heavy atom. The van der Waals surface area contributed by atoms with Crippen LogP contribution in [0.2, 0.25) is 0 Å². The number of esters is 1. The maximum Gasteiger partial charge on any atom is 0.323 e. The first-order chi connectivity index (χ1) is 5.51. The van der Waals surface area contributed by atoms with Crippen LogP contribution in [-0.4, -0.2) is 24.8 Å². The maximum atomic E-state index is 13.0. The lowest BCUT2D eigenvalue weighted by Gasteiger charge is -2.67. The van der Waals surface area contributed by atoms with Crippen LogP contribution in [0.25, 0.3) is 0 Å². The topological polar surface area (TPSA) is 52.3 Å². The summed E-state index contributed by atoms with van der Waals surface area (Å²) in [6.07, 6.45) is 1.32. The van der Waals surface area contributed by atoms with E-state index in [1.54, 1.807) is 0 Å². The predicted octanol–water partition coefficient (Wildman–Crippen LogP) is 0.801. The van der Waals surface area contributed by atoms with Crippen LogP contribution in [0.15, 0.2) is 0 Å². The highest BCUT2D eigenvalue weighted by molar-refractivity contribution is 5.85. The monoisotopic (exact) mass is 209 g/mol. The zero-order chi connectivity index (χ0) is 8.98. The molecule has 5 heteroatoms. The largest absolute Gasteiger partial charge is 0.468 e. The van der Waals surface area contributed by atoms with Crippen molar-refractivity contribution in [3.63, 3.8) is 0 Å². The van der Waals surface area contributed by atoms with Gasteiger partial charge in [-0.25, -0.2) is 4.39 Å². The SMILES string of the molecule is COC(=O)[C@@H](N)C12CC(F)(C1)C2.Cl. The van der Waals surface area contributed by atoms with Crippen LogP contribution >= 0.6 is 12.4 Å². The van der Waals surface area contributed by atoms with Crippen molar-refractivity contribution in [1.29, 1.82) is 0 Å². The Morgan fingerprint density at radius 1 is 1.54 bits per heavy atom. The highest BCUT2D eigenvalue weighted by Gasteiger charge is 2.72. The smallest absolute Gasteiger partial charge is 0.323 e. The van der Waals surface area contributed by atoms with E-state index < -0.39 is 17.7 Å². The summed E-state index contributed by atoms with van der Waals surface area (Å²) in [4.78, 5) is 11.0. The summed E-state index contributed by atoms with van der Waals surface area (Å²) in [6, 6.07) is -0.625. The van der Waals surface area contributed by atoms with Crippen molar-refractivity contribution in [3.05, 3.63) is 0 Å². The van der Waals surface area contributed by atoms with Crippen molar-refractivity contribution in [2.75, 3.05) is 7.11 Å². The third kappa shape index (κ3) is 1.23. The second kappa shape index (κ2) is 2.82. The van der Waals surface area contributed by atoms with Gasteiger partial charge in [0.05, 0.1) is 7.11 Å². The number of nitrogens with two attached hydrogens (primary N) is 1. The molecule has 76 valence electrons. The molecule has 3 nitrogen and oxygen atoms in total. The molecule has 0 aromatic heterocycles. The summed E-state index contributed by atoms with van der Waals surface area (Å²) >= 11 is 0. The molecule has 0 radical (unpaired) electrons. The Morgan fingerprint density at radius 2 is 2.00 bits per heavy atom. The molecular weight excluding hydrogens is 197 g/mol. The molecule has 3 rings (SSSR count). The molecule has 0 amide bonds. The molecule has 13 heavy (non-hydrogen) atoms. The standard InChI is InChI=1S/C8H12FNO2.ClH/c1-12-6(11)5(10)7-2-8(9,3-7)4-7;/h5H,2-4,10H2,1H3;1H/t5-,7?,8?;/m1./s1. The van der Waals surface area contributed by atoms with Gasteiger partial charge in [0.2, 0.25) is 0 Å². The number of alkyl halides is 1. The van der Waals surface area contributed by atoms with Gasteiger partial charge >= 0.3 is 5.97 Å². The van der Waals surface area contributed by atoms with Crippen molar-refractivity contribution < 1.29 is 13.9 Å². The fraction of sp³-hybridized carbons (Fsp3) is 0.875. The molecular formula is C8H13ClFNO2. The molecule has 2 N–H and O–H groups in total. The van der Waals surface area contributed by atoms with Crippen LogP contribution < -0.4 is 5.73 Å². The van der Waals surface area contributed by atoms with Gasteiger partial charge in [-0.3, -0.25) is 4.79 Å². The minimum Gasteiger partial charge on any atom is -0.468 e. The van der Waals surface area contributed by atoms with E-state index in [1.165, 1.54) is 7.11 Å². The number of rotatable bonds is 2. The number of ether oxygens (including phenoxy) is 1. The van der Waals surface area contributed by atoms with Crippen molar-refractivity contribution in [1.82, 2.24) is 0 Å². The lowest BCUT2D eigenvalue weighted by Crippen LogP contribution is -2.72. The number of carbonyl (C=O) groups excluding carboxylic acids is 1. The third-order valence-electron chi connectivity index (χ3n) is 3.12. The summed E-state index contributed by atoms with van der Waals surface area (Å²) in [7, 11) is 1.30. The number of carbonyl (C=O) groups is 1. The summed E-state index contributed by atoms with van der Waals surface area (Å²) < 4.78 is 17.5. The van der Waals surface area contributed by atoms with Crippen LogP contribution in [0.4, 0.5) is 4.39 Å². The number of hydrogen-bond acceptors (Lipinski definition) is 3. The summed E-state index contributed by atoms with van der Waals surface area (Å²) in [5.74, 6) is -0.420. The van der Waals surface area contributed by atoms with E-state index in [0.29, 0.717) is 19.3 Å². The molecule has 3 aliphatic rings. The zero-order valence-corrected chi connectivity index (χ0v) is 8.20. The third-order valence-corrected chi connectivity index (χ3v) is 3.12. The van der Waals surface area contributed by atoms with E-state index in [0.717, 1.165) is 0 Å². The quantitative estimate of drug-likeness (QED) is 0.685. The molecule has 0 aliphatic heterocycles. The van der Waals surface area contributed by atoms with Crippen LogP contribution in [0.1, 0.15) is 19.3 Å². The molecule has 3 fully saturated rings. The van der Waals surface area contributed by atoms with Gasteiger partial charge in [-0.05, 0) is 19.3 Å². The Labute approximate surface area is 82.2 Å². The van der Waals surface area contributed by atoms with Gasteiger partial charge in [-0.2, -0.15) is 0 Å². The minimum atomic E-state index is -0.994. The van der Waals surface area contributed by atoms with Gasteiger partial charge in [0.1, 0.15) is 11.7 Å². The van der Waals surface area contributed by atoms with Crippen LogP contribution in [0.3, 0.4) is 0 Å². The fourth-order valence-electron chi connectivity index (χ4n) is 2.44. The molecule has 3 saturated carbocycles. The van der Waals surface area contributed by atoms with Crippen molar-refractivity contribution in [2.24, 2.45) is 11.1 Å². The van der Waals surface area contributed by atoms with Crippen molar-refractivity contribution >= 4 is 18.4 Å². The first kappa shape index (κ1) is 10.7. The second-order valence-corrected chi connectivity index (χ2v) is 4.04. The summed E-state index contributed by atoms with van der Waals surface area (Å²) in [6.45, 7) is 0. The van der Waals surface area contributed by atoms with Gasteiger partial charge in [-0.1, -0.05) is 0 Å². The van der Waals surface area contributed by atoms with E-state index in [2.05, 4.69) is 4.74 Å². The fourth-order valence-corrected chi connectivity index (χ4v) is 2.44. The van der Waals surface area contributed by atoms with Crippen LogP contribution in [-0.2, 0) is 9.53 Å². The molecule has 2 bridgehead atoms. The van der Waals surface area contributed by atoms with Gasteiger partial charge in [-0.15, -0.1) is 12.4 Å². The molecule has 0 aromatic carbocycles. The first-order valence-corrected chi connectivity index (χ1v) is 4.04. The predicted molar refractivity (Wildman–Crippen MR) is 47.4 cm³/mol. The molecule has 0 heterocycles. The van der Waals surface area contributed by atoms with Gasteiger partial charge < -0.3 is 10.5 Å². The number of methoxy groups -OCH3 is 1. The Hall–Kier alpha value is -0.350. The maximum absolute atomic E-state index is 13.0. The molecule has 3 aliphatic carbocycles. The number of hydrogen-bond donors (Lipinski definition) is 1. The van der Waals surface area contributed by atoms with Gasteiger partial charge in [0, 0.05) is 5.41 Å². The number of halogens is 2. The van der Waals surface area contributed by atoms with Gasteiger partial charge in [0.15, 0.2) is 0 Å². The molecule has 0 aromatic rings. The van der Waals surface area contributed by atoms with E-state index >= 15 is 0 Å². The first-order valence-electron chi connectivity index (χ1n) is 4.04. The van der Waals surface area contributed by atoms with Gasteiger partial charge in [0.25, 0.3) is 0 Å². The average molecular weight is 210 g/mol.